The summed E-state index contributed by atoms with van der Waals surface area (Å²) in [6.45, 7) is 8.89. The van der Waals surface area contributed by atoms with Crippen LogP contribution in [-0.2, 0) is 52.7 Å². The van der Waals surface area contributed by atoms with E-state index < -0.39 is 84.7 Å². The molecule has 18 heteroatoms. The topological polar surface area (TPSA) is 192 Å². The molecule has 47 heavy (non-hydrogen) atoms. The number of ether oxygens (including phenoxy) is 2. The first kappa shape index (κ1) is 37.9. The fourth-order valence-electron chi connectivity index (χ4n) is 4.68. The van der Waals surface area contributed by atoms with Crippen LogP contribution in [0.2, 0.25) is 0 Å². The Hall–Kier alpha value is -3.60. The lowest BCUT2D eigenvalue weighted by molar-refractivity contribution is -0.159. The number of hydrogen-bond donors (Lipinski definition) is 1. The van der Waals surface area contributed by atoms with E-state index in [4.69, 9.17) is 23.0 Å². The Bertz CT molecular complexity index is 1760. The van der Waals surface area contributed by atoms with Gasteiger partial charge in [0.15, 0.2) is 0 Å². The number of imide groups is 1. The molecular weight excluding hydrogens is 679 g/mol. The molecule has 258 valence electrons. The Balaban J connectivity index is 2.68. The molecule has 0 radical (unpaired) electrons. The van der Waals surface area contributed by atoms with Gasteiger partial charge in [-0.25, -0.2) is 26.4 Å². The van der Waals surface area contributed by atoms with Crippen LogP contribution in [0.15, 0.2) is 69.6 Å². The Morgan fingerprint density at radius 2 is 1.15 bits per heavy atom. The van der Waals surface area contributed by atoms with Crippen LogP contribution >= 0.6 is 7.94 Å². The molecule has 3 rings (SSSR count). The number of aryl methyl sites for hydroxylation is 2. The van der Waals surface area contributed by atoms with E-state index in [9.17, 15) is 36.3 Å². The summed E-state index contributed by atoms with van der Waals surface area (Å²) in [6.07, 6.45) is -1.99. The summed E-state index contributed by atoms with van der Waals surface area (Å²) in [7, 11) is -12.2. The van der Waals surface area contributed by atoms with Crippen LogP contribution in [0, 0.1) is 13.8 Å². The van der Waals surface area contributed by atoms with Crippen LogP contribution in [0.5, 0.6) is 0 Å². The average Bonchev–Trinajstić information content (AvgIpc) is 3.23. The van der Waals surface area contributed by atoms with Crippen molar-refractivity contribution in [3.8, 4) is 0 Å². The smallest absolute Gasteiger partial charge is 0.454 e. The summed E-state index contributed by atoms with van der Waals surface area (Å²) >= 11 is 0. The van der Waals surface area contributed by atoms with E-state index in [2.05, 4.69) is 0 Å². The number of sulfonamides is 2. The molecule has 2 aromatic rings. The summed E-state index contributed by atoms with van der Waals surface area (Å²) in [5, 5.41) is 10.4. The van der Waals surface area contributed by atoms with Crippen LogP contribution in [0.3, 0.4) is 0 Å². The van der Waals surface area contributed by atoms with Gasteiger partial charge in [0.05, 0.1) is 43.3 Å². The summed E-state index contributed by atoms with van der Waals surface area (Å²) in [5.74, 6) is -5.07. The normalized spacial score (nSPS) is 18.2. The molecule has 1 aliphatic rings. The second kappa shape index (κ2) is 13.9. The summed E-state index contributed by atoms with van der Waals surface area (Å²) < 4.78 is 84.0. The van der Waals surface area contributed by atoms with Gasteiger partial charge in [-0.05, 0) is 65.8 Å². The molecule has 1 unspecified atom stereocenters. The van der Waals surface area contributed by atoms with Gasteiger partial charge < -0.3 is 14.6 Å². The lowest BCUT2D eigenvalue weighted by Crippen LogP contribution is -2.61. The van der Waals surface area contributed by atoms with Gasteiger partial charge in [-0.15, -0.1) is 4.31 Å². The first-order valence-corrected chi connectivity index (χ1v) is 18.4. The number of nitrogens with zero attached hydrogens (tertiary/aromatic N) is 2. The lowest BCUT2D eigenvalue weighted by Gasteiger charge is -2.34. The van der Waals surface area contributed by atoms with E-state index in [1.54, 1.807) is 13.8 Å². The lowest BCUT2D eigenvalue weighted by atomic mass is 9.99. The van der Waals surface area contributed by atoms with Crippen LogP contribution in [-0.4, -0.2) is 87.5 Å². The quantitative estimate of drug-likeness (QED) is 0.102. The second-order valence-electron chi connectivity index (χ2n) is 10.8. The van der Waals surface area contributed by atoms with Crippen molar-refractivity contribution in [2.75, 3.05) is 21.3 Å². The molecule has 0 bridgehead atoms. The van der Waals surface area contributed by atoms with Gasteiger partial charge in [0.2, 0.25) is 0 Å². The largest absolute Gasteiger partial charge is 0.478 e. The summed E-state index contributed by atoms with van der Waals surface area (Å²) in [5.41, 5.74) is -2.47. The van der Waals surface area contributed by atoms with E-state index >= 15 is 0 Å². The third-order valence-electron chi connectivity index (χ3n) is 6.79. The van der Waals surface area contributed by atoms with Crippen molar-refractivity contribution in [2.24, 2.45) is 0 Å². The minimum atomic E-state index is -5.39. The van der Waals surface area contributed by atoms with E-state index in [-0.39, 0.29) is 8.61 Å². The monoisotopic (exact) mass is 717 g/mol. The highest BCUT2D eigenvalue weighted by Crippen LogP contribution is 2.72. The number of esters is 1. The van der Waals surface area contributed by atoms with Gasteiger partial charge in [-0.1, -0.05) is 35.4 Å². The maximum Gasteiger partial charge on any atom is 0.454 e. The first-order chi connectivity index (χ1) is 21.8. The Kier molecular flexibility index (Phi) is 11.2. The van der Waals surface area contributed by atoms with Crippen molar-refractivity contribution >= 4 is 45.9 Å². The highest BCUT2D eigenvalue weighted by atomic mass is 32.2. The van der Waals surface area contributed by atoms with Crippen LogP contribution in [0.25, 0.3) is 0 Å². The molecule has 0 aliphatic carbocycles. The number of hydrogen-bond acceptors (Lipinski definition) is 13. The molecule has 1 fully saturated rings. The number of urea groups is 1. The standard InChI is InChI=1S/C29H37N2O13PS2/c1-18(2)43-25(32)24(45(40-7,41-8)42-9)29(27(34)44-19(3)4)26(33)30(46(36,37)22-14-10-20(5)11-15-22)28(35)31(29)47(38,39)23-16-12-21(6)13-17-23/h10-19H,1-9H3/p+1/b25-24+. The summed E-state index contributed by atoms with van der Waals surface area (Å²) in [4.78, 5) is 42.6. The van der Waals surface area contributed by atoms with E-state index in [0.29, 0.717) is 11.1 Å². The molecule has 0 aromatic heterocycles. The van der Waals surface area contributed by atoms with Crippen LogP contribution < -0.4 is 0 Å². The zero-order valence-corrected chi connectivity index (χ0v) is 29.8. The maximum atomic E-state index is 14.9. The van der Waals surface area contributed by atoms with Crippen molar-refractivity contribution in [2.45, 2.75) is 69.1 Å². The third-order valence-corrected chi connectivity index (χ3v) is 12.7. The number of rotatable bonds is 13. The molecule has 1 N–H and O–H groups in total. The molecule has 15 nitrogen and oxygen atoms in total. The second-order valence-corrected chi connectivity index (χ2v) is 16.9. The zero-order chi connectivity index (χ0) is 35.7. The van der Waals surface area contributed by atoms with Crippen LogP contribution in [0.1, 0.15) is 38.8 Å². The van der Waals surface area contributed by atoms with Crippen LogP contribution in [0.4, 0.5) is 4.79 Å². The zero-order valence-electron chi connectivity index (χ0n) is 27.3. The number of aliphatic hydroxyl groups is 1. The molecule has 1 atom stereocenters. The van der Waals surface area contributed by atoms with Gasteiger partial charge in [0.25, 0.3) is 31.3 Å². The SMILES string of the molecule is CO[P+](OC)(OC)/C(=C(\O)OC(C)C)C1(C(=O)OC(C)C)C(=O)N(S(=O)(=O)c2ccc(C)cc2)C(=O)N1S(=O)(=O)c1ccc(C)cc1. The van der Waals surface area contributed by atoms with Crippen molar-refractivity contribution in [1.29, 1.82) is 0 Å². The number of carbonyl (C=O) groups is 3. The van der Waals surface area contributed by atoms with Gasteiger partial charge in [-0.3, -0.25) is 4.79 Å². The van der Waals surface area contributed by atoms with E-state index in [0.717, 1.165) is 45.6 Å². The van der Waals surface area contributed by atoms with Gasteiger partial charge in [0, 0.05) is 0 Å². The molecule has 1 saturated heterocycles. The van der Waals surface area contributed by atoms with Crippen molar-refractivity contribution in [1.82, 2.24) is 8.61 Å². The van der Waals surface area contributed by atoms with Gasteiger partial charge in [-0.2, -0.15) is 17.9 Å². The Labute approximate surface area is 274 Å². The Morgan fingerprint density at radius 1 is 0.745 bits per heavy atom. The van der Waals surface area contributed by atoms with Crippen molar-refractivity contribution in [3.05, 3.63) is 70.9 Å². The predicted molar refractivity (Wildman–Crippen MR) is 169 cm³/mol. The molecule has 3 amide bonds. The number of aliphatic hydroxyl groups excluding tert-OH is 1. The molecule has 1 aliphatic heterocycles. The number of amides is 3. The summed E-state index contributed by atoms with van der Waals surface area (Å²) in [6, 6.07) is 7.84. The minimum Gasteiger partial charge on any atom is -0.478 e. The van der Waals surface area contributed by atoms with E-state index in [1.165, 1.54) is 52.0 Å². The van der Waals surface area contributed by atoms with Gasteiger partial charge >= 0.3 is 31.4 Å². The van der Waals surface area contributed by atoms with Gasteiger partial charge in [0.1, 0.15) is 0 Å². The predicted octanol–water partition coefficient (Wildman–Crippen LogP) is 4.19. The number of benzene rings is 2. The minimum absolute atomic E-state index is 0.259. The molecular formula is C29H38N2O13PS2+. The molecule has 0 saturated carbocycles. The highest BCUT2D eigenvalue weighted by molar-refractivity contribution is 7.91. The molecule has 0 spiro atoms. The fourth-order valence-corrected chi connectivity index (χ4v) is 9.68. The molecule has 1 heterocycles. The Morgan fingerprint density at radius 3 is 1.53 bits per heavy atom. The molecule has 2 aromatic carbocycles. The third kappa shape index (κ3) is 6.47. The average molecular weight is 718 g/mol. The highest BCUT2D eigenvalue weighted by Gasteiger charge is 2.81. The van der Waals surface area contributed by atoms with Crippen molar-refractivity contribution < 1.29 is 59.4 Å². The number of carbonyl (C=O) groups excluding carboxylic acids is 3. The van der Waals surface area contributed by atoms with E-state index in [1.807, 2.05) is 0 Å². The maximum absolute atomic E-state index is 14.9. The van der Waals surface area contributed by atoms with Crippen molar-refractivity contribution in [3.63, 3.8) is 0 Å². The first-order valence-electron chi connectivity index (χ1n) is 14.0. The fraction of sp³-hybridized carbons (Fsp3) is 0.414.